The van der Waals surface area contributed by atoms with Gasteiger partial charge in [0.05, 0.1) is 9.82 Å². The van der Waals surface area contributed by atoms with Gasteiger partial charge in [0, 0.05) is 18.7 Å². The number of carbonyl (C=O) groups excluding carboxylic acids is 2. The van der Waals surface area contributed by atoms with Crippen LogP contribution in [0, 0.1) is 24.0 Å². The molecule has 0 aliphatic heterocycles. The minimum Gasteiger partial charge on any atom is -0.456 e. The van der Waals surface area contributed by atoms with E-state index in [1.54, 1.807) is 19.1 Å². The van der Waals surface area contributed by atoms with Crippen LogP contribution >= 0.6 is 0 Å². The number of nitro benzene ring substituents is 1. The number of sulfonamides is 1. The lowest BCUT2D eigenvalue weighted by Gasteiger charge is -2.09. The number of rotatable bonds is 9. The van der Waals surface area contributed by atoms with Gasteiger partial charge in [-0.05, 0) is 37.6 Å². The molecule has 11 heteroatoms. The highest BCUT2D eigenvalue weighted by atomic mass is 32.2. The number of nitrogens with zero attached hydrogens (tertiary/aromatic N) is 1. The molecule has 10 nitrogen and oxygen atoms in total. The molecule has 0 aliphatic rings. The first-order chi connectivity index (χ1) is 14.0. The number of aryl methyl sites for hydroxylation is 2. The predicted octanol–water partition coefficient (Wildman–Crippen LogP) is 1.96. The number of ketones is 1. The molecule has 2 N–H and O–H groups in total. The molecule has 0 spiro atoms. The first-order valence-electron chi connectivity index (χ1n) is 8.77. The number of hydrogen-bond acceptors (Lipinski definition) is 8. The Morgan fingerprint density at radius 2 is 1.83 bits per heavy atom. The van der Waals surface area contributed by atoms with E-state index in [0.29, 0.717) is 5.56 Å². The van der Waals surface area contributed by atoms with Crippen LogP contribution in [-0.2, 0) is 19.6 Å². The summed E-state index contributed by atoms with van der Waals surface area (Å²) in [6.07, 6.45) is 0. The molecule has 0 saturated carbocycles. The van der Waals surface area contributed by atoms with E-state index in [2.05, 4.69) is 5.32 Å². The maximum absolute atomic E-state index is 12.3. The van der Waals surface area contributed by atoms with Crippen LogP contribution in [0.4, 0.5) is 11.4 Å². The fourth-order valence-corrected chi connectivity index (χ4v) is 3.58. The number of esters is 1. The molecule has 30 heavy (non-hydrogen) atoms. The van der Waals surface area contributed by atoms with E-state index in [-0.39, 0.29) is 10.6 Å². The number of carbonyl (C=O) groups is 2. The molecular weight excluding hydrogens is 414 g/mol. The smallest absolute Gasteiger partial charge is 0.321 e. The van der Waals surface area contributed by atoms with Gasteiger partial charge in [0.1, 0.15) is 12.2 Å². The van der Waals surface area contributed by atoms with Crippen molar-refractivity contribution in [3.63, 3.8) is 0 Å². The lowest BCUT2D eigenvalue weighted by Crippen LogP contribution is -2.31. The van der Waals surface area contributed by atoms with Crippen LogP contribution in [0.5, 0.6) is 0 Å². The molecule has 160 valence electrons. The summed E-state index contributed by atoms with van der Waals surface area (Å²) in [5.41, 5.74) is 1.74. The first-order valence-corrected chi connectivity index (χ1v) is 10.3. The Balaban J connectivity index is 2.00. The van der Waals surface area contributed by atoms with Crippen LogP contribution in [0.2, 0.25) is 0 Å². The Labute approximate surface area is 173 Å². The van der Waals surface area contributed by atoms with Gasteiger partial charge < -0.3 is 10.1 Å². The lowest BCUT2D eigenvalue weighted by molar-refractivity contribution is -0.384. The Bertz CT molecular complexity index is 1100. The minimum atomic E-state index is -4.21. The van der Waals surface area contributed by atoms with Gasteiger partial charge in [-0.3, -0.25) is 19.7 Å². The lowest BCUT2D eigenvalue weighted by atomic mass is 10.0. The maximum Gasteiger partial charge on any atom is 0.321 e. The van der Waals surface area contributed by atoms with Crippen molar-refractivity contribution in [3.8, 4) is 0 Å². The van der Waals surface area contributed by atoms with Crippen LogP contribution in [0.15, 0.2) is 41.3 Å². The Kier molecular flexibility index (Phi) is 7.24. The van der Waals surface area contributed by atoms with Gasteiger partial charge in [0.2, 0.25) is 15.8 Å². The van der Waals surface area contributed by atoms with Gasteiger partial charge in [-0.2, -0.15) is 4.72 Å². The number of hydrogen-bond donors (Lipinski definition) is 2. The van der Waals surface area contributed by atoms with Gasteiger partial charge in [0.15, 0.2) is 6.61 Å². The summed E-state index contributed by atoms with van der Waals surface area (Å²) in [5.74, 6) is -1.37. The minimum absolute atomic E-state index is 0.142. The zero-order chi connectivity index (χ0) is 22.5. The van der Waals surface area contributed by atoms with E-state index >= 15 is 0 Å². The average molecular weight is 435 g/mol. The highest BCUT2D eigenvalue weighted by molar-refractivity contribution is 7.89. The molecule has 0 aliphatic carbocycles. The summed E-state index contributed by atoms with van der Waals surface area (Å²) in [4.78, 5) is 34.1. The first kappa shape index (κ1) is 23.0. The summed E-state index contributed by atoms with van der Waals surface area (Å²) < 4.78 is 31.5. The normalized spacial score (nSPS) is 11.0. The van der Waals surface area contributed by atoms with E-state index in [1.165, 1.54) is 13.1 Å². The van der Waals surface area contributed by atoms with Gasteiger partial charge in [-0.1, -0.05) is 17.7 Å². The SMILES string of the molecule is CNc1ccc(S(=O)(=O)NCC(=O)OCC(=O)c2cc(C)ccc2C)cc1[N+](=O)[O-]. The van der Waals surface area contributed by atoms with Crippen LogP contribution in [0.1, 0.15) is 21.5 Å². The standard InChI is InChI=1S/C19H21N3O7S/c1-12-4-5-13(2)15(8-12)18(23)11-29-19(24)10-21-30(27,28)14-6-7-16(20-3)17(9-14)22(25)26/h4-9,20-21H,10-11H2,1-3H3. The zero-order valence-corrected chi connectivity index (χ0v) is 17.4. The molecule has 2 aromatic carbocycles. The Morgan fingerprint density at radius 3 is 2.47 bits per heavy atom. The molecular formula is C19H21N3O7S. The third kappa shape index (κ3) is 5.61. The van der Waals surface area contributed by atoms with E-state index in [1.807, 2.05) is 17.7 Å². The van der Waals surface area contributed by atoms with Crippen molar-refractivity contribution in [2.45, 2.75) is 18.7 Å². The number of ether oxygens (including phenoxy) is 1. The van der Waals surface area contributed by atoms with Crippen molar-refractivity contribution in [3.05, 3.63) is 63.2 Å². The molecule has 0 saturated heterocycles. The molecule has 0 bridgehead atoms. The largest absolute Gasteiger partial charge is 0.456 e. The third-order valence-corrected chi connectivity index (χ3v) is 5.61. The van der Waals surface area contributed by atoms with Crippen LogP contribution < -0.4 is 10.0 Å². The summed E-state index contributed by atoms with van der Waals surface area (Å²) in [5, 5.41) is 13.7. The number of anilines is 1. The monoisotopic (exact) mass is 435 g/mol. The molecule has 2 aromatic rings. The molecule has 0 aromatic heterocycles. The highest BCUT2D eigenvalue weighted by Crippen LogP contribution is 2.26. The molecule has 0 unspecified atom stereocenters. The number of Topliss-reactive ketones (excluding diaryl/α,β-unsaturated/α-hetero) is 1. The summed E-state index contributed by atoms with van der Waals surface area (Å²) >= 11 is 0. The van der Waals surface area contributed by atoms with Crippen molar-refractivity contribution in [2.75, 3.05) is 25.5 Å². The summed E-state index contributed by atoms with van der Waals surface area (Å²) in [6, 6.07) is 8.58. The maximum atomic E-state index is 12.3. The van der Waals surface area contributed by atoms with Crippen molar-refractivity contribution in [1.29, 1.82) is 0 Å². The van der Waals surface area contributed by atoms with Crippen molar-refractivity contribution < 1.29 is 27.7 Å². The topological polar surface area (TPSA) is 145 Å². The second kappa shape index (κ2) is 9.46. The molecule has 0 amide bonds. The quantitative estimate of drug-likeness (QED) is 0.263. The Hall–Kier alpha value is -3.31. The fourth-order valence-electron chi connectivity index (χ4n) is 2.59. The number of nitro groups is 1. The average Bonchev–Trinajstić information content (AvgIpc) is 2.71. The van der Waals surface area contributed by atoms with Crippen LogP contribution in [0.3, 0.4) is 0 Å². The van der Waals surface area contributed by atoms with Gasteiger partial charge in [-0.25, -0.2) is 8.42 Å². The predicted molar refractivity (Wildman–Crippen MR) is 109 cm³/mol. The molecule has 0 fully saturated rings. The second-order valence-electron chi connectivity index (χ2n) is 6.41. The van der Waals surface area contributed by atoms with Gasteiger partial charge >= 0.3 is 5.97 Å². The third-order valence-electron chi connectivity index (χ3n) is 4.21. The van der Waals surface area contributed by atoms with Gasteiger partial charge in [0.25, 0.3) is 5.69 Å². The second-order valence-corrected chi connectivity index (χ2v) is 8.18. The highest BCUT2D eigenvalue weighted by Gasteiger charge is 2.22. The van der Waals surface area contributed by atoms with Crippen LogP contribution in [0.25, 0.3) is 0 Å². The summed E-state index contributed by atoms with van der Waals surface area (Å²) in [7, 11) is -2.74. The van der Waals surface area contributed by atoms with Crippen molar-refractivity contribution >= 4 is 33.2 Å². The van der Waals surface area contributed by atoms with E-state index in [9.17, 15) is 28.1 Å². The fraction of sp³-hybridized carbons (Fsp3) is 0.263. The van der Waals surface area contributed by atoms with Gasteiger partial charge in [-0.15, -0.1) is 0 Å². The molecule has 2 rings (SSSR count). The zero-order valence-electron chi connectivity index (χ0n) is 16.6. The van der Waals surface area contributed by atoms with Crippen molar-refractivity contribution in [1.82, 2.24) is 4.72 Å². The van der Waals surface area contributed by atoms with Crippen molar-refractivity contribution in [2.24, 2.45) is 0 Å². The Morgan fingerprint density at radius 1 is 1.13 bits per heavy atom. The van der Waals surface area contributed by atoms with E-state index in [4.69, 9.17) is 4.74 Å². The number of nitrogens with one attached hydrogen (secondary N) is 2. The van der Waals surface area contributed by atoms with E-state index < -0.39 is 45.5 Å². The molecule has 0 heterocycles. The van der Waals surface area contributed by atoms with E-state index in [0.717, 1.165) is 23.3 Å². The number of benzene rings is 2. The molecule has 0 atom stereocenters. The molecule has 0 radical (unpaired) electrons. The van der Waals surface area contributed by atoms with Crippen LogP contribution in [-0.4, -0.2) is 45.3 Å². The summed E-state index contributed by atoms with van der Waals surface area (Å²) in [6.45, 7) is 2.31.